The lowest BCUT2D eigenvalue weighted by molar-refractivity contribution is -0.132. The van der Waals surface area contributed by atoms with Crippen LogP contribution in [0.4, 0.5) is 14.5 Å². The van der Waals surface area contributed by atoms with Crippen molar-refractivity contribution in [1.29, 1.82) is 0 Å². The Morgan fingerprint density at radius 2 is 1.69 bits per heavy atom. The average Bonchev–Trinajstić information content (AvgIpc) is 3.08. The maximum absolute atomic E-state index is 14.4. The van der Waals surface area contributed by atoms with Gasteiger partial charge in [0.25, 0.3) is 5.91 Å². The first-order valence-corrected chi connectivity index (χ1v) is 9.00. The normalized spacial score (nSPS) is 13.8. The van der Waals surface area contributed by atoms with Gasteiger partial charge in [0.05, 0.1) is 5.57 Å². The van der Waals surface area contributed by atoms with Gasteiger partial charge in [0.1, 0.15) is 17.3 Å². The summed E-state index contributed by atoms with van der Waals surface area (Å²) in [7, 11) is 0. The monoisotopic (exact) mass is 395 g/mol. The summed E-state index contributed by atoms with van der Waals surface area (Å²) in [5, 5.41) is 11.6. The van der Waals surface area contributed by atoms with Crippen LogP contribution >= 0.6 is 23.4 Å². The van der Waals surface area contributed by atoms with Gasteiger partial charge in [-0.3, -0.25) is 4.79 Å². The van der Waals surface area contributed by atoms with Crippen LogP contribution in [-0.2, 0) is 9.59 Å². The largest absolute Gasteiger partial charge is 0.478 e. The van der Waals surface area contributed by atoms with Crippen molar-refractivity contribution in [3.63, 3.8) is 0 Å². The van der Waals surface area contributed by atoms with Crippen molar-refractivity contribution in [2.75, 3.05) is 16.8 Å². The topological polar surface area (TPSA) is 66.4 Å². The summed E-state index contributed by atoms with van der Waals surface area (Å²) in [6.07, 6.45) is 0. The third kappa shape index (κ3) is 3.59. The molecule has 2 aromatic carbocycles. The van der Waals surface area contributed by atoms with Gasteiger partial charge in [-0.05, 0) is 23.8 Å². The number of carbonyl (C=O) groups is 2. The Morgan fingerprint density at radius 1 is 1.08 bits per heavy atom. The summed E-state index contributed by atoms with van der Waals surface area (Å²) in [6.45, 7) is 0. The van der Waals surface area contributed by atoms with Crippen molar-refractivity contribution < 1.29 is 23.5 Å². The van der Waals surface area contributed by atoms with Crippen molar-refractivity contribution in [2.24, 2.45) is 0 Å². The molecule has 0 saturated carbocycles. The van der Waals surface area contributed by atoms with E-state index in [0.29, 0.717) is 10.6 Å². The molecule has 0 atom stereocenters. The lowest BCUT2D eigenvalue weighted by Crippen LogP contribution is -2.19. The van der Waals surface area contributed by atoms with Gasteiger partial charge >= 0.3 is 5.97 Å². The number of rotatable bonds is 4. The quantitative estimate of drug-likeness (QED) is 0.807. The van der Waals surface area contributed by atoms with Crippen LogP contribution < -0.4 is 5.32 Å². The minimum Gasteiger partial charge on any atom is -0.478 e. The number of hydrogen-bond acceptors (Lipinski definition) is 3. The van der Waals surface area contributed by atoms with Crippen molar-refractivity contribution >= 4 is 40.9 Å². The summed E-state index contributed by atoms with van der Waals surface area (Å²) in [5.74, 6) is -3.64. The second kappa shape index (κ2) is 7.47. The molecule has 0 radical (unpaired) electrons. The van der Waals surface area contributed by atoms with E-state index < -0.39 is 29.2 Å². The van der Waals surface area contributed by atoms with E-state index in [0.717, 1.165) is 12.1 Å². The molecule has 1 aliphatic rings. The average molecular weight is 396 g/mol. The molecule has 2 aromatic rings. The molecular weight excluding hydrogens is 384 g/mol. The zero-order valence-corrected chi connectivity index (χ0v) is 14.8. The number of nitrogens with one attached hydrogen (secondary N) is 1. The van der Waals surface area contributed by atoms with Gasteiger partial charge in [-0.2, -0.15) is 11.8 Å². The Bertz CT molecular complexity index is 923. The van der Waals surface area contributed by atoms with E-state index in [9.17, 15) is 18.4 Å². The second-order valence-corrected chi connectivity index (χ2v) is 6.90. The summed E-state index contributed by atoms with van der Waals surface area (Å²) in [4.78, 5) is 23.4. The molecule has 3 rings (SSSR count). The fraction of sp³-hybridized carbons (Fsp3) is 0.111. The number of benzene rings is 2. The molecular formula is C18H12ClF2NO3S. The summed E-state index contributed by atoms with van der Waals surface area (Å²) < 4.78 is 28.8. The number of aliphatic carboxylic acids is 1. The number of carbonyl (C=O) groups excluding carboxylic acids is 1. The first-order valence-electron chi connectivity index (χ1n) is 7.47. The van der Waals surface area contributed by atoms with Crippen LogP contribution in [0.25, 0.3) is 11.1 Å². The van der Waals surface area contributed by atoms with Gasteiger partial charge in [-0.25, -0.2) is 13.6 Å². The summed E-state index contributed by atoms with van der Waals surface area (Å²) in [6, 6.07) is 8.73. The minimum atomic E-state index is -1.21. The lowest BCUT2D eigenvalue weighted by atomic mass is 10.0. The number of thioether (sulfide) groups is 1. The number of anilines is 1. The van der Waals surface area contributed by atoms with E-state index in [4.69, 9.17) is 16.7 Å². The van der Waals surface area contributed by atoms with E-state index in [1.165, 1.54) is 11.8 Å². The van der Waals surface area contributed by atoms with Gasteiger partial charge in [0.2, 0.25) is 0 Å². The fourth-order valence-corrected chi connectivity index (χ4v) is 3.91. The molecule has 1 amide bonds. The molecule has 0 unspecified atom stereocenters. The molecule has 0 fully saturated rings. The Hall–Kier alpha value is -2.38. The van der Waals surface area contributed by atoms with E-state index in [1.807, 2.05) is 0 Å². The van der Waals surface area contributed by atoms with E-state index in [-0.39, 0.29) is 28.2 Å². The molecule has 0 aliphatic carbocycles. The third-order valence-electron chi connectivity index (χ3n) is 3.85. The van der Waals surface area contributed by atoms with E-state index in [1.54, 1.807) is 24.3 Å². The Morgan fingerprint density at radius 3 is 2.31 bits per heavy atom. The highest BCUT2D eigenvalue weighted by molar-refractivity contribution is 8.00. The van der Waals surface area contributed by atoms with Crippen molar-refractivity contribution in [3.05, 3.63) is 64.2 Å². The summed E-state index contributed by atoms with van der Waals surface area (Å²) in [5.41, 5.74) is 0.01000. The summed E-state index contributed by atoms with van der Waals surface area (Å²) >= 11 is 7.29. The molecule has 8 heteroatoms. The van der Waals surface area contributed by atoms with Crippen LogP contribution in [0.2, 0.25) is 5.02 Å². The highest BCUT2D eigenvalue weighted by Gasteiger charge is 2.27. The van der Waals surface area contributed by atoms with Gasteiger partial charge in [-0.15, -0.1) is 0 Å². The molecule has 26 heavy (non-hydrogen) atoms. The molecule has 134 valence electrons. The SMILES string of the molecule is O=C(O)C1=C(C(=O)Nc2c(F)cc(-c3ccccc3Cl)cc2F)CSC1. The van der Waals surface area contributed by atoms with E-state index >= 15 is 0 Å². The maximum Gasteiger partial charge on any atom is 0.332 e. The van der Waals surface area contributed by atoms with Crippen LogP contribution in [0.15, 0.2) is 47.5 Å². The number of carboxylic acids is 1. The van der Waals surface area contributed by atoms with Gasteiger partial charge in [-0.1, -0.05) is 29.8 Å². The molecule has 2 N–H and O–H groups in total. The smallest absolute Gasteiger partial charge is 0.332 e. The highest BCUT2D eigenvalue weighted by Crippen LogP contribution is 2.32. The van der Waals surface area contributed by atoms with Crippen LogP contribution in [0.5, 0.6) is 0 Å². The van der Waals surface area contributed by atoms with Crippen LogP contribution in [0.1, 0.15) is 0 Å². The zero-order chi connectivity index (χ0) is 18.8. The predicted molar refractivity (Wildman–Crippen MR) is 97.4 cm³/mol. The Kier molecular flexibility index (Phi) is 5.29. The molecule has 0 aromatic heterocycles. The number of halogens is 3. The highest BCUT2D eigenvalue weighted by atomic mass is 35.5. The fourth-order valence-electron chi connectivity index (χ4n) is 2.56. The van der Waals surface area contributed by atoms with Gasteiger partial charge in [0, 0.05) is 27.7 Å². The molecule has 0 saturated heterocycles. The number of hydrogen-bond donors (Lipinski definition) is 2. The number of carboxylic acid groups (broad SMARTS) is 1. The second-order valence-electron chi connectivity index (χ2n) is 5.50. The Balaban J connectivity index is 1.93. The Labute approximate surface area is 156 Å². The van der Waals surface area contributed by atoms with Crippen molar-refractivity contribution in [2.45, 2.75) is 0 Å². The standard InChI is InChI=1S/C18H12ClF2NO3S/c19-13-4-2-1-3-10(13)9-5-14(20)16(15(21)6-9)22-17(23)11-7-26-8-12(11)18(24)25/h1-6H,7-8H2,(H,22,23)(H,24,25). The first kappa shape index (κ1) is 18.4. The third-order valence-corrected chi connectivity index (χ3v) is 5.17. The van der Waals surface area contributed by atoms with Crippen LogP contribution in [0.3, 0.4) is 0 Å². The van der Waals surface area contributed by atoms with Gasteiger partial charge in [0.15, 0.2) is 0 Å². The minimum absolute atomic E-state index is 0.0106. The number of amides is 1. The van der Waals surface area contributed by atoms with E-state index in [2.05, 4.69) is 5.32 Å². The molecule has 0 spiro atoms. The molecule has 4 nitrogen and oxygen atoms in total. The molecule has 1 heterocycles. The van der Waals surface area contributed by atoms with Gasteiger partial charge < -0.3 is 10.4 Å². The van der Waals surface area contributed by atoms with Crippen molar-refractivity contribution in [3.8, 4) is 11.1 Å². The lowest BCUT2D eigenvalue weighted by Gasteiger charge is -2.11. The molecule has 1 aliphatic heterocycles. The van der Waals surface area contributed by atoms with Crippen LogP contribution in [0, 0.1) is 11.6 Å². The zero-order valence-electron chi connectivity index (χ0n) is 13.2. The molecule has 0 bridgehead atoms. The maximum atomic E-state index is 14.4. The predicted octanol–water partition coefficient (Wildman–Crippen LogP) is 4.35. The van der Waals surface area contributed by atoms with Crippen molar-refractivity contribution in [1.82, 2.24) is 0 Å². The van der Waals surface area contributed by atoms with Crippen LogP contribution in [-0.4, -0.2) is 28.5 Å². The first-order chi connectivity index (χ1) is 12.4.